The van der Waals surface area contributed by atoms with Crippen molar-refractivity contribution in [2.45, 2.75) is 37.8 Å². The third kappa shape index (κ3) is 3.80. The number of hydrogen-bond acceptors (Lipinski definition) is 3. The first kappa shape index (κ1) is 15.8. The van der Waals surface area contributed by atoms with Crippen molar-refractivity contribution in [2.75, 3.05) is 19.6 Å². The number of carbonyl (C=O) groups is 1. The zero-order valence-electron chi connectivity index (χ0n) is 12.9. The Hall–Kier alpha value is -1.10. The van der Waals surface area contributed by atoms with Crippen LogP contribution in [-0.4, -0.2) is 36.0 Å². The van der Waals surface area contributed by atoms with Gasteiger partial charge in [-0.05, 0) is 56.3 Å². The average Bonchev–Trinajstić information content (AvgIpc) is 3.28. The molecule has 22 heavy (non-hydrogen) atoms. The van der Waals surface area contributed by atoms with Crippen molar-refractivity contribution < 1.29 is 4.79 Å². The van der Waals surface area contributed by atoms with E-state index in [1.165, 1.54) is 5.56 Å². The van der Waals surface area contributed by atoms with Crippen molar-refractivity contribution in [1.82, 2.24) is 10.2 Å². The van der Waals surface area contributed by atoms with Crippen LogP contribution in [-0.2, 0) is 11.3 Å². The second-order valence-corrected chi connectivity index (χ2v) is 7.08. The molecule has 2 aliphatic rings. The standard InChI is InChI=1S/C17H24ClN3O/c18-15-4-2-1-3-14(15)12-21-9-5-13(6-10-21)11-20-16(22)17(19)7-8-17/h1-4,13H,5-12,19H2,(H,20,22). The van der Waals surface area contributed by atoms with Crippen molar-refractivity contribution in [2.24, 2.45) is 11.7 Å². The molecule has 1 heterocycles. The summed E-state index contributed by atoms with van der Waals surface area (Å²) in [7, 11) is 0. The molecule has 1 saturated heterocycles. The number of rotatable bonds is 5. The van der Waals surface area contributed by atoms with Gasteiger partial charge < -0.3 is 11.1 Å². The van der Waals surface area contributed by atoms with E-state index in [4.69, 9.17) is 17.3 Å². The molecule has 3 rings (SSSR count). The fraction of sp³-hybridized carbons (Fsp3) is 0.588. The highest BCUT2D eigenvalue weighted by atomic mass is 35.5. The van der Waals surface area contributed by atoms with E-state index in [1.54, 1.807) is 0 Å². The van der Waals surface area contributed by atoms with E-state index in [2.05, 4.69) is 16.3 Å². The van der Waals surface area contributed by atoms with Gasteiger partial charge in [0.1, 0.15) is 0 Å². The monoisotopic (exact) mass is 321 g/mol. The lowest BCUT2D eigenvalue weighted by Crippen LogP contribution is -2.45. The number of halogens is 1. The van der Waals surface area contributed by atoms with Gasteiger partial charge in [0.2, 0.25) is 5.91 Å². The summed E-state index contributed by atoms with van der Waals surface area (Å²) >= 11 is 6.22. The third-order valence-electron chi connectivity index (χ3n) is 4.85. The van der Waals surface area contributed by atoms with Gasteiger partial charge in [-0.2, -0.15) is 0 Å². The molecule has 5 heteroatoms. The molecule has 0 spiro atoms. The summed E-state index contributed by atoms with van der Waals surface area (Å²) in [5.41, 5.74) is 6.53. The minimum atomic E-state index is -0.551. The quantitative estimate of drug-likeness (QED) is 0.873. The predicted molar refractivity (Wildman–Crippen MR) is 88.6 cm³/mol. The van der Waals surface area contributed by atoms with E-state index in [0.29, 0.717) is 5.92 Å². The number of benzene rings is 1. The van der Waals surface area contributed by atoms with E-state index in [0.717, 1.165) is 56.9 Å². The lowest BCUT2D eigenvalue weighted by molar-refractivity contribution is -0.123. The number of likely N-dealkylation sites (tertiary alicyclic amines) is 1. The van der Waals surface area contributed by atoms with E-state index in [9.17, 15) is 4.79 Å². The Kier molecular flexibility index (Phi) is 4.71. The molecule has 0 bridgehead atoms. The molecule has 0 radical (unpaired) electrons. The topological polar surface area (TPSA) is 58.4 Å². The summed E-state index contributed by atoms with van der Waals surface area (Å²) < 4.78 is 0. The number of nitrogens with two attached hydrogens (primary N) is 1. The SMILES string of the molecule is NC1(C(=O)NCC2CCN(Cc3ccccc3Cl)CC2)CC1. The molecule has 120 valence electrons. The van der Waals surface area contributed by atoms with Crippen LogP contribution < -0.4 is 11.1 Å². The van der Waals surface area contributed by atoms with Crippen LogP contribution in [0.5, 0.6) is 0 Å². The maximum absolute atomic E-state index is 11.9. The molecule has 4 nitrogen and oxygen atoms in total. The highest BCUT2D eigenvalue weighted by Crippen LogP contribution is 2.32. The van der Waals surface area contributed by atoms with Crippen LogP contribution in [0, 0.1) is 5.92 Å². The number of piperidine rings is 1. The van der Waals surface area contributed by atoms with Crippen LogP contribution in [0.4, 0.5) is 0 Å². The molecule has 3 N–H and O–H groups in total. The summed E-state index contributed by atoms with van der Waals surface area (Å²) in [5, 5.41) is 3.87. The Morgan fingerprint density at radius 1 is 1.32 bits per heavy atom. The van der Waals surface area contributed by atoms with Crippen molar-refractivity contribution in [3.05, 3.63) is 34.9 Å². The number of amides is 1. The Labute approximate surface area is 137 Å². The molecule has 2 fully saturated rings. The molecule has 1 aromatic rings. The number of nitrogens with zero attached hydrogens (tertiary/aromatic N) is 1. The molecular weight excluding hydrogens is 298 g/mol. The Balaban J connectivity index is 1.41. The van der Waals surface area contributed by atoms with Crippen LogP contribution in [0.1, 0.15) is 31.2 Å². The molecule has 1 aliphatic carbocycles. The van der Waals surface area contributed by atoms with Crippen molar-refractivity contribution in [3.63, 3.8) is 0 Å². The van der Waals surface area contributed by atoms with Gasteiger partial charge in [-0.25, -0.2) is 0 Å². The summed E-state index contributed by atoms with van der Waals surface area (Å²) in [6, 6.07) is 8.03. The average molecular weight is 322 g/mol. The minimum Gasteiger partial charge on any atom is -0.354 e. The first-order valence-corrected chi connectivity index (χ1v) is 8.47. The van der Waals surface area contributed by atoms with Crippen LogP contribution in [0.3, 0.4) is 0 Å². The molecular formula is C17H24ClN3O. The predicted octanol–water partition coefficient (Wildman–Crippen LogP) is 2.16. The zero-order chi connectivity index (χ0) is 15.6. The normalized spacial score (nSPS) is 21.5. The van der Waals surface area contributed by atoms with Crippen LogP contribution in [0.25, 0.3) is 0 Å². The van der Waals surface area contributed by atoms with Gasteiger partial charge in [0.15, 0.2) is 0 Å². The van der Waals surface area contributed by atoms with Crippen molar-refractivity contribution in [1.29, 1.82) is 0 Å². The third-order valence-corrected chi connectivity index (χ3v) is 5.22. The smallest absolute Gasteiger partial charge is 0.240 e. The van der Waals surface area contributed by atoms with Gasteiger partial charge in [0, 0.05) is 18.1 Å². The van der Waals surface area contributed by atoms with Crippen LogP contribution in [0.2, 0.25) is 5.02 Å². The van der Waals surface area contributed by atoms with E-state index in [-0.39, 0.29) is 5.91 Å². The maximum atomic E-state index is 11.9. The lowest BCUT2D eigenvalue weighted by Gasteiger charge is -2.32. The highest BCUT2D eigenvalue weighted by Gasteiger charge is 2.45. The van der Waals surface area contributed by atoms with Crippen LogP contribution >= 0.6 is 11.6 Å². The second kappa shape index (κ2) is 6.57. The maximum Gasteiger partial charge on any atom is 0.240 e. The molecule has 0 aromatic heterocycles. The second-order valence-electron chi connectivity index (χ2n) is 6.68. The Morgan fingerprint density at radius 2 is 2.00 bits per heavy atom. The summed E-state index contributed by atoms with van der Waals surface area (Å²) in [4.78, 5) is 14.3. The number of hydrogen-bond donors (Lipinski definition) is 2. The van der Waals surface area contributed by atoms with Crippen molar-refractivity contribution >= 4 is 17.5 Å². The molecule has 0 atom stereocenters. The van der Waals surface area contributed by atoms with E-state index < -0.39 is 5.54 Å². The highest BCUT2D eigenvalue weighted by molar-refractivity contribution is 6.31. The van der Waals surface area contributed by atoms with Gasteiger partial charge >= 0.3 is 0 Å². The number of nitrogens with one attached hydrogen (secondary N) is 1. The molecule has 1 aliphatic heterocycles. The minimum absolute atomic E-state index is 0.0333. The fourth-order valence-corrected chi connectivity index (χ4v) is 3.19. The molecule has 1 aromatic carbocycles. The van der Waals surface area contributed by atoms with Gasteiger partial charge in [-0.1, -0.05) is 29.8 Å². The lowest BCUT2D eigenvalue weighted by atomic mass is 9.96. The first-order valence-electron chi connectivity index (χ1n) is 8.10. The summed E-state index contributed by atoms with van der Waals surface area (Å²) in [6.45, 7) is 3.78. The fourth-order valence-electron chi connectivity index (χ4n) is 2.99. The number of carbonyl (C=O) groups excluding carboxylic acids is 1. The van der Waals surface area contributed by atoms with E-state index >= 15 is 0 Å². The van der Waals surface area contributed by atoms with Gasteiger partial charge in [0.05, 0.1) is 5.54 Å². The Bertz CT molecular complexity index is 536. The molecule has 1 amide bonds. The largest absolute Gasteiger partial charge is 0.354 e. The van der Waals surface area contributed by atoms with E-state index in [1.807, 2.05) is 18.2 Å². The van der Waals surface area contributed by atoms with Gasteiger partial charge in [0.25, 0.3) is 0 Å². The van der Waals surface area contributed by atoms with Gasteiger partial charge in [-0.3, -0.25) is 9.69 Å². The first-order chi connectivity index (χ1) is 10.6. The van der Waals surface area contributed by atoms with Crippen LogP contribution in [0.15, 0.2) is 24.3 Å². The summed E-state index contributed by atoms with van der Waals surface area (Å²) in [6.07, 6.45) is 3.88. The summed E-state index contributed by atoms with van der Waals surface area (Å²) in [5.74, 6) is 0.597. The Morgan fingerprint density at radius 3 is 2.64 bits per heavy atom. The molecule has 1 saturated carbocycles. The molecule has 0 unspecified atom stereocenters. The van der Waals surface area contributed by atoms with Crippen molar-refractivity contribution in [3.8, 4) is 0 Å². The zero-order valence-corrected chi connectivity index (χ0v) is 13.6. The van der Waals surface area contributed by atoms with Gasteiger partial charge in [-0.15, -0.1) is 0 Å².